The normalized spacial score (nSPS) is 10.6. The predicted molar refractivity (Wildman–Crippen MR) is 122 cm³/mol. The number of benzene rings is 2. The lowest BCUT2D eigenvalue weighted by Crippen LogP contribution is -2.19. The van der Waals surface area contributed by atoms with Crippen molar-refractivity contribution in [2.75, 3.05) is 19.5 Å². The van der Waals surface area contributed by atoms with Gasteiger partial charge in [-0.15, -0.1) is 0 Å². The smallest absolute Gasteiger partial charge is 0.337 e. The van der Waals surface area contributed by atoms with E-state index in [0.717, 1.165) is 0 Å². The van der Waals surface area contributed by atoms with E-state index in [1.807, 2.05) is 6.92 Å². The Hall–Kier alpha value is -4.53. The van der Waals surface area contributed by atoms with Crippen molar-refractivity contribution < 1.29 is 19.1 Å². The van der Waals surface area contributed by atoms with Gasteiger partial charge in [-0.05, 0) is 61.5 Å². The van der Waals surface area contributed by atoms with Crippen LogP contribution in [0.4, 0.5) is 11.6 Å². The first-order valence-corrected chi connectivity index (χ1v) is 9.96. The maximum Gasteiger partial charge on any atom is 0.337 e. The van der Waals surface area contributed by atoms with Gasteiger partial charge in [0.1, 0.15) is 0 Å². The summed E-state index contributed by atoms with van der Waals surface area (Å²) in [5, 5.41) is 3.81. The molecule has 0 saturated carbocycles. The molecule has 0 aliphatic rings. The van der Waals surface area contributed by atoms with E-state index in [4.69, 9.17) is 9.47 Å². The fourth-order valence-corrected chi connectivity index (χ4v) is 3.37. The lowest BCUT2D eigenvalue weighted by atomic mass is 10.2. The van der Waals surface area contributed by atoms with Crippen LogP contribution in [0.2, 0.25) is 0 Å². The number of nitrogens with zero attached hydrogens (tertiary/aromatic N) is 3. The van der Waals surface area contributed by atoms with Crippen molar-refractivity contribution in [3.05, 3.63) is 87.8 Å². The third kappa shape index (κ3) is 4.29. The number of anilines is 2. The minimum Gasteiger partial charge on any atom is -0.465 e. The molecule has 9 nitrogen and oxygen atoms in total. The number of rotatable bonds is 5. The SMILES string of the molecule is COC(=O)c1ccc(Nc2nc(C)c3ccc(=O)n(-c4ccc(C(=O)OC)cc4)c3n2)cc1. The summed E-state index contributed by atoms with van der Waals surface area (Å²) in [6, 6.07) is 16.3. The number of pyridine rings is 1. The molecule has 0 aliphatic heterocycles. The van der Waals surface area contributed by atoms with Crippen LogP contribution in [-0.4, -0.2) is 40.7 Å². The van der Waals surface area contributed by atoms with Gasteiger partial charge in [0.05, 0.1) is 36.7 Å². The molecule has 166 valence electrons. The Morgan fingerprint density at radius 2 is 1.39 bits per heavy atom. The lowest BCUT2D eigenvalue weighted by molar-refractivity contribution is 0.0592. The van der Waals surface area contributed by atoms with Crippen LogP contribution in [0.5, 0.6) is 0 Å². The minimum absolute atomic E-state index is 0.278. The molecule has 0 spiro atoms. The monoisotopic (exact) mass is 444 g/mol. The van der Waals surface area contributed by atoms with Crippen LogP contribution < -0.4 is 10.9 Å². The molecule has 0 aliphatic carbocycles. The molecule has 0 radical (unpaired) electrons. The number of carbonyl (C=O) groups is 2. The predicted octanol–water partition coefficient (Wildman–Crippen LogP) is 3.41. The lowest BCUT2D eigenvalue weighted by Gasteiger charge is -2.13. The number of methoxy groups -OCH3 is 2. The number of esters is 2. The van der Waals surface area contributed by atoms with E-state index in [-0.39, 0.29) is 11.5 Å². The molecule has 0 saturated heterocycles. The Morgan fingerprint density at radius 1 is 0.818 bits per heavy atom. The van der Waals surface area contributed by atoms with Gasteiger partial charge in [-0.3, -0.25) is 9.36 Å². The van der Waals surface area contributed by atoms with Crippen LogP contribution in [0.1, 0.15) is 26.4 Å². The first-order valence-electron chi connectivity index (χ1n) is 9.96. The number of hydrogen-bond donors (Lipinski definition) is 1. The number of fused-ring (bicyclic) bond motifs is 1. The fraction of sp³-hybridized carbons (Fsp3) is 0.125. The van der Waals surface area contributed by atoms with Gasteiger partial charge >= 0.3 is 11.9 Å². The summed E-state index contributed by atoms with van der Waals surface area (Å²) in [6.45, 7) is 1.82. The highest BCUT2D eigenvalue weighted by Crippen LogP contribution is 2.22. The second-order valence-corrected chi connectivity index (χ2v) is 7.11. The summed E-state index contributed by atoms with van der Waals surface area (Å²) < 4.78 is 10.9. The Bertz CT molecular complexity index is 1410. The number of hydrogen-bond acceptors (Lipinski definition) is 8. The molecule has 1 N–H and O–H groups in total. The standard InChI is InChI=1S/C24H20N4O5/c1-14-19-12-13-20(29)28(18-10-6-16(7-11-18)23(31)33-3)21(19)27-24(25-14)26-17-8-4-15(5-9-17)22(30)32-2/h4-13H,1-3H3,(H,25,26,27). The summed E-state index contributed by atoms with van der Waals surface area (Å²) in [4.78, 5) is 45.2. The average Bonchev–Trinajstić information content (AvgIpc) is 2.83. The molecule has 2 aromatic heterocycles. The molecule has 0 amide bonds. The van der Waals surface area contributed by atoms with Crippen molar-refractivity contribution >= 4 is 34.6 Å². The van der Waals surface area contributed by atoms with Gasteiger partial charge in [-0.2, -0.15) is 4.98 Å². The van der Waals surface area contributed by atoms with E-state index < -0.39 is 11.9 Å². The maximum absolute atomic E-state index is 12.8. The number of carbonyl (C=O) groups excluding carboxylic acids is 2. The minimum atomic E-state index is -0.463. The molecule has 2 aromatic carbocycles. The molecule has 0 atom stereocenters. The summed E-state index contributed by atoms with van der Waals surface area (Å²) in [5.74, 6) is -0.604. The fourth-order valence-electron chi connectivity index (χ4n) is 3.37. The Morgan fingerprint density at radius 3 is 1.97 bits per heavy atom. The molecule has 2 heterocycles. The zero-order chi connectivity index (χ0) is 23.5. The van der Waals surface area contributed by atoms with E-state index in [0.29, 0.717) is 39.2 Å². The van der Waals surface area contributed by atoms with Gasteiger partial charge in [-0.25, -0.2) is 14.6 Å². The summed E-state index contributed by atoms with van der Waals surface area (Å²) in [7, 11) is 2.63. The summed E-state index contributed by atoms with van der Waals surface area (Å²) in [6.07, 6.45) is 0. The van der Waals surface area contributed by atoms with Gasteiger partial charge < -0.3 is 14.8 Å². The first-order chi connectivity index (χ1) is 15.9. The van der Waals surface area contributed by atoms with E-state index in [1.54, 1.807) is 54.6 Å². The number of aromatic nitrogens is 3. The second-order valence-electron chi connectivity index (χ2n) is 7.11. The highest BCUT2D eigenvalue weighted by molar-refractivity contribution is 5.90. The average molecular weight is 444 g/mol. The molecule has 4 aromatic rings. The first kappa shape index (κ1) is 21.7. The Labute approximate surface area is 188 Å². The van der Waals surface area contributed by atoms with Crippen molar-refractivity contribution in [2.45, 2.75) is 6.92 Å². The molecule has 33 heavy (non-hydrogen) atoms. The van der Waals surface area contributed by atoms with Crippen LogP contribution in [-0.2, 0) is 9.47 Å². The van der Waals surface area contributed by atoms with Crippen LogP contribution in [0, 0.1) is 6.92 Å². The van der Waals surface area contributed by atoms with E-state index >= 15 is 0 Å². The van der Waals surface area contributed by atoms with Crippen molar-refractivity contribution in [2.24, 2.45) is 0 Å². The van der Waals surface area contributed by atoms with Gasteiger partial charge in [0, 0.05) is 17.1 Å². The highest BCUT2D eigenvalue weighted by atomic mass is 16.5. The second kappa shape index (κ2) is 8.91. The van der Waals surface area contributed by atoms with E-state index in [9.17, 15) is 14.4 Å². The number of nitrogens with one attached hydrogen (secondary N) is 1. The largest absolute Gasteiger partial charge is 0.465 e. The van der Waals surface area contributed by atoms with Gasteiger partial charge in [-0.1, -0.05) is 0 Å². The third-order valence-corrected chi connectivity index (χ3v) is 5.05. The highest BCUT2D eigenvalue weighted by Gasteiger charge is 2.13. The van der Waals surface area contributed by atoms with Crippen LogP contribution >= 0.6 is 0 Å². The van der Waals surface area contributed by atoms with Crippen molar-refractivity contribution in [1.82, 2.24) is 14.5 Å². The van der Waals surface area contributed by atoms with E-state index in [1.165, 1.54) is 24.9 Å². The summed E-state index contributed by atoms with van der Waals surface area (Å²) >= 11 is 0. The molecular weight excluding hydrogens is 424 g/mol. The van der Waals surface area contributed by atoms with E-state index in [2.05, 4.69) is 15.3 Å². The zero-order valence-corrected chi connectivity index (χ0v) is 18.2. The number of aryl methyl sites for hydroxylation is 1. The van der Waals surface area contributed by atoms with Crippen molar-refractivity contribution in [1.29, 1.82) is 0 Å². The quantitative estimate of drug-likeness (QED) is 0.466. The third-order valence-electron chi connectivity index (χ3n) is 5.05. The van der Waals surface area contributed by atoms with Crippen molar-refractivity contribution in [3.63, 3.8) is 0 Å². The molecule has 9 heteroatoms. The van der Waals surface area contributed by atoms with Crippen LogP contribution in [0.3, 0.4) is 0 Å². The molecular formula is C24H20N4O5. The zero-order valence-electron chi connectivity index (χ0n) is 18.2. The topological polar surface area (TPSA) is 112 Å². The Kier molecular flexibility index (Phi) is 5.86. The molecule has 0 bridgehead atoms. The molecule has 4 rings (SSSR count). The van der Waals surface area contributed by atoms with Gasteiger partial charge in [0.15, 0.2) is 5.65 Å². The van der Waals surface area contributed by atoms with Crippen LogP contribution in [0.15, 0.2) is 65.5 Å². The molecule has 0 unspecified atom stereocenters. The maximum atomic E-state index is 12.8. The van der Waals surface area contributed by atoms with Crippen molar-refractivity contribution in [3.8, 4) is 5.69 Å². The number of ether oxygens (including phenoxy) is 2. The van der Waals surface area contributed by atoms with Gasteiger partial charge in [0.25, 0.3) is 5.56 Å². The van der Waals surface area contributed by atoms with Gasteiger partial charge in [0.2, 0.25) is 5.95 Å². The molecule has 0 fully saturated rings. The Balaban J connectivity index is 1.76. The summed E-state index contributed by atoms with van der Waals surface area (Å²) in [5.41, 5.74) is 2.81. The van der Waals surface area contributed by atoms with Crippen LogP contribution in [0.25, 0.3) is 16.7 Å².